The predicted octanol–water partition coefficient (Wildman–Crippen LogP) is 2.61. The highest BCUT2D eigenvalue weighted by Gasteiger charge is 2.34. The molecule has 2 heterocycles. The van der Waals surface area contributed by atoms with E-state index in [0.29, 0.717) is 28.7 Å². The maximum atomic E-state index is 13.2. The van der Waals surface area contributed by atoms with Gasteiger partial charge in [0.05, 0.1) is 18.4 Å². The number of ether oxygens (including phenoxy) is 1. The van der Waals surface area contributed by atoms with Gasteiger partial charge in [-0.25, -0.2) is 0 Å². The van der Waals surface area contributed by atoms with Gasteiger partial charge < -0.3 is 15.4 Å². The van der Waals surface area contributed by atoms with Crippen molar-refractivity contribution in [1.82, 2.24) is 20.2 Å². The average Bonchev–Trinajstić information content (AvgIpc) is 3.15. The number of carbonyl (C=O) groups is 1. The molecule has 2 N–H and O–H groups in total. The number of aromatic nitrogens is 4. The highest BCUT2D eigenvalue weighted by Crippen LogP contribution is 2.35. The van der Waals surface area contributed by atoms with Crippen molar-refractivity contribution in [2.24, 2.45) is 0 Å². The van der Waals surface area contributed by atoms with Crippen molar-refractivity contribution in [3.8, 4) is 5.75 Å². The largest absolute Gasteiger partial charge is 0.495 e. The van der Waals surface area contributed by atoms with Gasteiger partial charge in [0.25, 0.3) is 5.91 Å². The minimum absolute atomic E-state index is 0.250. The number of para-hydroxylation sites is 2. The molecule has 136 valence electrons. The second-order valence-corrected chi connectivity index (χ2v) is 6.08. The van der Waals surface area contributed by atoms with Crippen LogP contribution in [0.4, 0.5) is 11.6 Å². The summed E-state index contributed by atoms with van der Waals surface area (Å²) in [6.45, 7) is 1.84. The van der Waals surface area contributed by atoms with Gasteiger partial charge in [0.2, 0.25) is 5.95 Å². The number of rotatable bonds is 4. The Morgan fingerprint density at radius 2 is 1.89 bits per heavy atom. The minimum Gasteiger partial charge on any atom is -0.495 e. The normalized spacial score (nSPS) is 15.7. The van der Waals surface area contributed by atoms with Gasteiger partial charge in [0.15, 0.2) is 0 Å². The Balaban J connectivity index is 1.76. The number of hydrogen-bond acceptors (Lipinski definition) is 6. The van der Waals surface area contributed by atoms with Crippen LogP contribution in [0.1, 0.15) is 18.5 Å². The maximum absolute atomic E-state index is 13.2. The van der Waals surface area contributed by atoms with E-state index in [1.54, 1.807) is 23.9 Å². The summed E-state index contributed by atoms with van der Waals surface area (Å²) in [6, 6.07) is 16.5. The van der Waals surface area contributed by atoms with E-state index < -0.39 is 6.04 Å². The van der Waals surface area contributed by atoms with Crippen LogP contribution < -0.4 is 15.4 Å². The quantitative estimate of drug-likeness (QED) is 0.741. The third kappa shape index (κ3) is 3.01. The topological polar surface area (TPSA) is 94.0 Å². The molecule has 2 aromatic carbocycles. The van der Waals surface area contributed by atoms with Crippen LogP contribution in [0.5, 0.6) is 5.75 Å². The van der Waals surface area contributed by atoms with E-state index in [2.05, 4.69) is 26.2 Å². The Morgan fingerprint density at radius 3 is 2.67 bits per heavy atom. The maximum Gasteiger partial charge on any atom is 0.255 e. The minimum atomic E-state index is -0.438. The van der Waals surface area contributed by atoms with Crippen molar-refractivity contribution >= 4 is 17.5 Å². The molecule has 8 nitrogen and oxygen atoms in total. The summed E-state index contributed by atoms with van der Waals surface area (Å²) in [5, 5.41) is 17.9. The van der Waals surface area contributed by atoms with E-state index in [9.17, 15) is 4.79 Å². The van der Waals surface area contributed by atoms with E-state index in [4.69, 9.17) is 4.74 Å². The zero-order valence-electron chi connectivity index (χ0n) is 14.9. The predicted molar refractivity (Wildman–Crippen MR) is 100 cm³/mol. The monoisotopic (exact) mass is 362 g/mol. The fourth-order valence-electron chi connectivity index (χ4n) is 3.19. The van der Waals surface area contributed by atoms with Crippen LogP contribution in [0, 0.1) is 0 Å². The molecule has 0 spiro atoms. The molecule has 1 unspecified atom stereocenters. The van der Waals surface area contributed by atoms with Gasteiger partial charge >= 0.3 is 0 Å². The van der Waals surface area contributed by atoms with Gasteiger partial charge in [0.1, 0.15) is 11.8 Å². The number of nitrogens with zero attached hydrogens (tertiary/aromatic N) is 4. The van der Waals surface area contributed by atoms with Crippen LogP contribution in [-0.4, -0.2) is 33.2 Å². The molecule has 0 aliphatic carbocycles. The first-order valence-electron chi connectivity index (χ1n) is 8.44. The van der Waals surface area contributed by atoms with Gasteiger partial charge in [-0.05, 0) is 35.0 Å². The van der Waals surface area contributed by atoms with Crippen molar-refractivity contribution in [3.63, 3.8) is 0 Å². The lowest BCUT2D eigenvalue weighted by Crippen LogP contribution is -2.31. The van der Waals surface area contributed by atoms with E-state index in [1.807, 2.05) is 49.4 Å². The zero-order chi connectivity index (χ0) is 18.8. The molecule has 0 radical (unpaired) electrons. The number of amides is 1. The lowest BCUT2D eigenvalue weighted by Gasteiger charge is -2.28. The summed E-state index contributed by atoms with van der Waals surface area (Å²) in [5.74, 6) is 0.835. The Hall–Kier alpha value is -3.68. The van der Waals surface area contributed by atoms with E-state index >= 15 is 0 Å². The number of nitrogens with one attached hydrogen (secondary N) is 2. The van der Waals surface area contributed by atoms with Gasteiger partial charge in [-0.3, -0.25) is 4.79 Å². The molecule has 1 aliphatic heterocycles. The zero-order valence-corrected chi connectivity index (χ0v) is 14.9. The van der Waals surface area contributed by atoms with Crippen LogP contribution in [0.3, 0.4) is 0 Å². The molecule has 0 fully saturated rings. The number of tetrazole rings is 1. The first kappa shape index (κ1) is 16.8. The lowest BCUT2D eigenvalue weighted by atomic mass is 9.95. The number of methoxy groups -OCH3 is 1. The van der Waals surface area contributed by atoms with Gasteiger partial charge in [0, 0.05) is 5.70 Å². The van der Waals surface area contributed by atoms with Crippen LogP contribution >= 0.6 is 0 Å². The lowest BCUT2D eigenvalue weighted by molar-refractivity contribution is -0.113. The summed E-state index contributed by atoms with van der Waals surface area (Å²) >= 11 is 0. The Morgan fingerprint density at radius 1 is 1.15 bits per heavy atom. The van der Waals surface area contributed by atoms with Gasteiger partial charge in [-0.1, -0.05) is 47.6 Å². The van der Waals surface area contributed by atoms with Crippen LogP contribution in [-0.2, 0) is 4.79 Å². The van der Waals surface area contributed by atoms with Crippen molar-refractivity contribution in [3.05, 3.63) is 71.4 Å². The third-order valence-corrected chi connectivity index (χ3v) is 4.43. The molecule has 4 rings (SSSR count). The molecule has 0 saturated carbocycles. The molecule has 0 saturated heterocycles. The summed E-state index contributed by atoms with van der Waals surface area (Å²) < 4.78 is 6.94. The molecule has 3 aromatic rings. The average molecular weight is 362 g/mol. The standard InChI is InChI=1S/C19H18N6O2/c1-12-16(18(26)21-14-10-6-7-11-15(14)27-2)17(13-8-4-3-5-9-13)25-19(20-12)22-23-24-25/h3-11,17H,1-2H3,(H,21,26)(H,20,22,24). The van der Waals surface area contributed by atoms with Crippen molar-refractivity contribution < 1.29 is 9.53 Å². The number of carbonyl (C=O) groups excluding carboxylic acids is 1. The third-order valence-electron chi connectivity index (χ3n) is 4.43. The Bertz CT molecular complexity index is 1010. The summed E-state index contributed by atoms with van der Waals surface area (Å²) in [7, 11) is 1.57. The van der Waals surface area contributed by atoms with Crippen LogP contribution in [0.2, 0.25) is 0 Å². The fraction of sp³-hybridized carbons (Fsp3) is 0.158. The molecule has 0 bridgehead atoms. The second kappa shape index (κ2) is 6.91. The number of allylic oxidation sites excluding steroid dienone is 1. The molecule has 1 aromatic heterocycles. The van der Waals surface area contributed by atoms with Crippen molar-refractivity contribution in [1.29, 1.82) is 0 Å². The van der Waals surface area contributed by atoms with E-state index in [0.717, 1.165) is 5.56 Å². The number of fused-ring (bicyclic) bond motifs is 1. The molecule has 8 heteroatoms. The molecular weight excluding hydrogens is 344 g/mol. The fourth-order valence-corrected chi connectivity index (χ4v) is 3.19. The van der Waals surface area contributed by atoms with Crippen molar-refractivity contribution in [2.75, 3.05) is 17.7 Å². The molecule has 1 aliphatic rings. The number of anilines is 2. The summed E-state index contributed by atoms with van der Waals surface area (Å²) in [5.41, 5.74) is 2.74. The molecule has 1 atom stereocenters. The SMILES string of the molecule is COc1ccccc1NC(=O)C1=C(C)Nc2nnnn2C1c1ccccc1. The first-order valence-corrected chi connectivity index (χ1v) is 8.44. The van der Waals surface area contributed by atoms with Crippen LogP contribution in [0.15, 0.2) is 65.9 Å². The second-order valence-electron chi connectivity index (χ2n) is 6.08. The van der Waals surface area contributed by atoms with Gasteiger partial charge in [-0.15, -0.1) is 0 Å². The van der Waals surface area contributed by atoms with E-state index in [1.165, 1.54) is 0 Å². The van der Waals surface area contributed by atoms with Gasteiger partial charge in [-0.2, -0.15) is 4.68 Å². The number of hydrogen-bond donors (Lipinski definition) is 2. The highest BCUT2D eigenvalue weighted by atomic mass is 16.5. The van der Waals surface area contributed by atoms with E-state index in [-0.39, 0.29) is 5.91 Å². The number of benzene rings is 2. The van der Waals surface area contributed by atoms with Crippen LogP contribution in [0.25, 0.3) is 0 Å². The molecular formula is C19H18N6O2. The smallest absolute Gasteiger partial charge is 0.255 e. The summed E-state index contributed by atoms with van der Waals surface area (Å²) in [6.07, 6.45) is 0. The molecule has 27 heavy (non-hydrogen) atoms. The summed E-state index contributed by atoms with van der Waals surface area (Å²) in [4.78, 5) is 13.2. The Labute approximate surface area is 155 Å². The Kier molecular flexibility index (Phi) is 4.29. The molecule has 1 amide bonds. The first-order chi connectivity index (χ1) is 13.2. The van der Waals surface area contributed by atoms with Crippen molar-refractivity contribution in [2.45, 2.75) is 13.0 Å². The highest BCUT2D eigenvalue weighted by molar-refractivity contribution is 6.06.